The van der Waals surface area contributed by atoms with Gasteiger partial charge in [-0.3, -0.25) is 0 Å². The molecule has 3 heteroatoms. The summed E-state index contributed by atoms with van der Waals surface area (Å²) in [7, 11) is 0. The average molecular weight is 152 g/mol. The van der Waals surface area contributed by atoms with E-state index in [-0.39, 0.29) is 5.54 Å². The Kier molecular flexibility index (Phi) is 1.29. The molecule has 1 aromatic heterocycles. The van der Waals surface area contributed by atoms with E-state index in [9.17, 15) is 0 Å². The topological polar surface area (TPSA) is 38.1 Å². The predicted molar refractivity (Wildman–Crippen MR) is 41.1 cm³/mol. The van der Waals surface area contributed by atoms with Gasteiger partial charge in [0.2, 0.25) is 0 Å². The number of fused-ring (bicyclic) bond motifs is 1. The van der Waals surface area contributed by atoms with Crippen molar-refractivity contribution in [2.24, 2.45) is 0 Å². The maximum Gasteiger partial charge on any atom is 0.181 e. The molecule has 1 aromatic rings. The summed E-state index contributed by atoms with van der Waals surface area (Å²) >= 11 is 0. The largest absolute Gasteiger partial charge is 0.448 e. The molecular formula is C8H12N2O. The third kappa shape index (κ3) is 1.16. The molecule has 0 amide bonds. The van der Waals surface area contributed by atoms with Crippen molar-refractivity contribution < 1.29 is 4.42 Å². The first-order valence-electron chi connectivity index (χ1n) is 3.84. The summed E-state index contributed by atoms with van der Waals surface area (Å²) in [5.74, 6) is 1.04. The number of aromatic nitrogens is 1. The number of hydrogen-bond acceptors (Lipinski definition) is 3. The van der Waals surface area contributed by atoms with E-state index in [2.05, 4.69) is 24.1 Å². The standard InChI is InChI=1S/C8H12N2O/c1-8(2)3-7-6(4-10-8)9-5-11-7/h5,10H,3-4H2,1-2H3. The van der Waals surface area contributed by atoms with Crippen molar-refractivity contribution in [2.75, 3.05) is 0 Å². The molecule has 1 N–H and O–H groups in total. The van der Waals surface area contributed by atoms with Gasteiger partial charge in [0.1, 0.15) is 5.76 Å². The fraction of sp³-hybridized carbons (Fsp3) is 0.625. The molecule has 1 aliphatic heterocycles. The van der Waals surface area contributed by atoms with Crippen LogP contribution in [-0.4, -0.2) is 10.5 Å². The Morgan fingerprint density at radius 3 is 3.27 bits per heavy atom. The van der Waals surface area contributed by atoms with Gasteiger partial charge in [-0.05, 0) is 13.8 Å². The zero-order valence-corrected chi connectivity index (χ0v) is 6.85. The molecule has 0 saturated carbocycles. The van der Waals surface area contributed by atoms with Crippen LogP contribution in [0.25, 0.3) is 0 Å². The maximum absolute atomic E-state index is 5.24. The summed E-state index contributed by atoms with van der Waals surface area (Å²) in [6, 6.07) is 0. The second-order valence-electron chi connectivity index (χ2n) is 3.64. The monoisotopic (exact) mass is 152 g/mol. The molecule has 3 nitrogen and oxygen atoms in total. The van der Waals surface area contributed by atoms with Gasteiger partial charge in [-0.1, -0.05) is 0 Å². The van der Waals surface area contributed by atoms with Gasteiger partial charge in [0, 0.05) is 18.5 Å². The Balaban J connectivity index is 2.32. The number of nitrogens with one attached hydrogen (secondary N) is 1. The summed E-state index contributed by atoms with van der Waals surface area (Å²) in [4.78, 5) is 4.09. The van der Waals surface area contributed by atoms with Crippen molar-refractivity contribution in [2.45, 2.75) is 32.4 Å². The molecule has 2 heterocycles. The Morgan fingerprint density at radius 2 is 2.45 bits per heavy atom. The van der Waals surface area contributed by atoms with Gasteiger partial charge < -0.3 is 9.73 Å². The summed E-state index contributed by atoms with van der Waals surface area (Å²) < 4.78 is 5.24. The van der Waals surface area contributed by atoms with Crippen LogP contribution in [0.15, 0.2) is 10.8 Å². The van der Waals surface area contributed by atoms with Crippen molar-refractivity contribution in [3.63, 3.8) is 0 Å². The van der Waals surface area contributed by atoms with Gasteiger partial charge in [0.25, 0.3) is 0 Å². The first-order chi connectivity index (χ1) is 5.17. The van der Waals surface area contributed by atoms with E-state index >= 15 is 0 Å². The Bertz CT molecular complexity index is 265. The van der Waals surface area contributed by atoms with E-state index in [0.717, 1.165) is 24.4 Å². The SMILES string of the molecule is CC1(C)Cc2ocnc2CN1. The predicted octanol–water partition coefficient (Wildman–Crippen LogP) is 1.10. The highest BCUT2D eigenvalue weighted by molar-refractivity contribution is 5.14. The fourth-order valence-electron chi connectivity index (χ4n) is 1.37. The minimum Gasteiger partial charge on any atom is -0.448 e. The van der Waals surface area contributed by atoms with E-state index in [0.29, 0.717) is 0 Å². The van der Waals surface area contributed by atoms with Gasteiger partial charge in [0.15, 0.2) is 6.39 Å². The van der Waals surface area contributed by atoms with Gasteiger partial charge in [-0.2, -0.15) is 0 Å². The summed E-state index contributed by atoms with van der Waals surface area (Å²) in [6.45, 7) is 5.16. The molecule has 0 atom stereocenters. The van der Waals surface area contributed by atoms with E-state index < -0.39 is 0 Å². The van der Waals surface area contributed by atoms with Gasteiger partial charge in [0.05, 0.1) is 5.69 Å². The molecule has 0 bridgehead atoms. The number of nitrogens with zero attached hydrogens (tertiary/aromatic N) is 1. The summed E-state index contributed by atoms with van der Waals surface area (Å²) in [6.07, 6.45) is 2.45. The lowest BCUT2D eigenvalue weighted by Crippen LogP contribution is -2.44. The second-order valence-corrected chi connectivity index (χ2v) is 3.64. The second kappa shape index (κ2) is 2.08. The molecule has 1 aliphatic rings. The van der Waals surface area contributed by atoms with Gasteiger partial charge in [-0.25, -0.2) is 4.98 Å². The van der Waals surface area contributed by atoms with E-state index in [1.807, 2.05) is 0 Å². The van der Waals surface area contributed by atoms with Crippen molar-refractivity contribution in [3.8, 4) is 0 Å². The van der Waals surface area contributed by atoms with E-state index in [4.69, 9.17) is 4.42 Å². The lowest BCUT2D eigenvalue weighted by molar-refractivity contribution is 0.324. The highest BCUT2D eigenvalue weighted by Crippen LogP contribution is 2.21. The molecule has 0 aliphatic carbocycles. The van der Waals surface area contributed by atoms with Crippen LogP contribution in [0, 0.1) is 0 Å². The minimum absolute atomic E-state index is 0.159. The van der Waals surface area contributed by atoms with Crippen LogP contribution in [0.3, 0.4) is 0 Å². The molecule has 0 unspecified atom stereocenters. The number of oxazole rings is 1. The van der Waals surface area contributed by atoms with Crippen LogP contribution in [0.4, 0.5) is 0 Å². The lowest BCUT2D eigenvalue weighted by atomic mass is 9.94. The first-order valence-corrected chi connectivity index (χ1v) is 3.84. The lowest BCUT2D eigenvalue weighted by Gasteiger charge is -2.29. The van der Waals surface area contributed by atoms with Gasteiger partial charge >= 0.3 is 0 Å². The molecule has 11 heavy (non-hydrogen) atoms. The highest BCUT2D eigenvalue weighted by Gasteiger charge is 2.27. The molecule has 2 rings (SSSR count). The maximum atomic E-state index is 5.24. The van der Waals surface area contributed by atoms with Gasteiger partial charge in [-0.15, -0.1) is 0 Å². The molecule has 0 radical (unpaired) electrons. The quantitative estimate of drug-likeness (QED) is 0.605. The highest BCUT2D eigenvalue weighted by atomic mass is 16.3. The molecule has 60 valence electrons. The molecule has 0 fully saturated rings. The van der Waals surface area contributed by atoms with E-state index in [1.54, 1.807) is 0 Å². The Hall–Kier alpha value is -0.830. The minimum atomic E-state index is 0.159. The van der Waals surface area contributed by atoms with Crippen LogP contribution in [0.2, 0.25) is 0 Å². The number of hydrogen-bond donors (Lipinski definition) is 1. The normalized spacial score (nSPS) is 21.3. The third-order valence-electron chi connectivity index (χ3n) is 2.06. The van der Waals surface area contributed by atoms with Crippen molar-refractivity contribution in [1.29, 1.82) is 0 Å². The van der Waals surface area contributed by atoms with Crippen LogP contribution >= 0.6 is 0 Å². The van der Waals surface area contributed by atoms with Crippen LogP contribution < -0.4 is 5.32 Å². The Labute approximate surface area is 65.8 Å². The molecular weight excluding hydrogens is 140 g/mol. The summed E-state index contributed by atoms with van der Waals surface area (Å²) in [5, 5.41) is 3.38. The van der Waals surface area contributed by atoms with Crippen LogP contribution in [0.5, 0.6) is 0 Å². The average Bonchev–Trinajstić information content (AvgIpc) is 2.31. The fourth-order valence-corrected chi connectivity index (χ4v) is 1.37. The molecule has 0 spiro atoms. The van der Waals surface area contributed by atoms with Crippen LogP contribution in [0.1, 0.15) is 25.3 Å². The van der Waals surface area contributed by atoms with Crippen LogP contribution in [-0.2, 0) is 13.0 Å². The zero-order valence-electron chi connectivity index (χ0n) is 6.85. The third-order valence-corrected chi connectivity index (χ3v) is 2.06. The Morgan fingerprint density at radius 1 is 1.64 bits per heavy atom. The van der Waals surface area contributed by atoms with Crippen molar-refractivity contribution >= 4 is 0 Å². The summed E-state index contributed by atoms with van der Waals surface area (Å²) in [5.41, 5.74) is 1.22. The van der Waals surface area contributed by atoms with Crippen molar-refractivity contribution in [1.82, 2.24) is 10.3 Å². The molecule has 0 saturated heterocycles. The zero-order chi connectivity index (χ0) is 7.90. The van der Waals surface area contributed by atoms with E-state index in [1.165, 1.54) is 6.39 Å². The molecule has 0 aromatic carbocycles. The first kappa shape index (κ1) is 6.85. The van der Waals surface area contributed by atoms with Crippen molar-refractivity contribution in [3.05, 3.63) is 17.8 Å². The smallest absolute Gasteiger partial charge is 0.181 e. The number of rotatable bonds is 0.